The van der Waals surface area contributed by atoms with Crippen molar-refractivity contribution in [1.29, 1.82) is 0 Å². The number of halogens is 1. The summed E-state index contributed by atoms with van der Waals surface area (Å²) in [5.74, 6) is 0.299. The van der Waals surface area contributed by atoms with Crippen LogP contribution in [0.4, 0.5) is 4.39 Å². The van der Waals surface area contributed by atoms with Crippen molar-refractivity contribution in [3.63, 3.8) is 0 Å². The molecule has 0 amide bonds. The topological polar surface area (TPSA) is 30.5 Å². The quantitative estimate of drug-likeness (QED) is 0.735. The normalized spacial score (nSPS) is 12.7. The molecule has 1 N–H and O–H groups in total. The lowest BCUT2D eigenvalue weighted by Crippen LogP contribution is -2.19. The van der Waals surface area contributed by atoms with Crippen molar-refractivity contribution >= 4 is 0 Å². The lowest BCUT2D eigenvalue weighted by Gasteiger charge is -2.18. The molecule has 0 aliphatic rings. The van der Waals surface area contributed by atoms with Gasteiger partial charge in [0, 0.05) is 17.7 Å². The van der Waals surface area contributed by atoms with Gasteiger partial charge in [0.25, 0.3) is 0 Å². The number of benzene rings is 1. The number of ether oxygens (including phenoxy) is 2. The molecule has 0 aromatic heterocycles. The van der Waals surface area contributed by atoms with Crippen LogP contribution in [0.25, 0.3) is 0 Å². The largest absolute Gasteiger partial charge is 0.491 e. The van der Waals surface area contributed by atoms with Crippen molar-refractivity contribution in [1.82, 2.24) is 5.32 Å². The van der Waals surface area contributed by atoms with E-state index in [0.29, 0.717) is 19.0 Å². The van der Waals surface area contributed by atoms with E-state index in [0.717, 1.165) is 12.1 Å². The van der Waals surface area contributed by atoms with Crippen LogP contribution in [-0.4, -0.2) is 25.9 Å². The van der Waals surface area contributed by atoms with Crippen LogP contribution in [0.5, 0.6) is 5.75 Å². The maximum Gasteiger partial charge on any atom is 0.127 e. The minimum atomic E-state index is -0.285. The Morgan fingerprint density at radius 2 is 1.95 bits per heavy atom. The monoisotopic (exact) mass is 269 g/mol. The molecular weight excluding hydrogens is 245 g/mol. The first-order valence-electron chi connectivity index (χ1n) is 6.81. The molecule has 0 aliphatic carbocycles. The number of rotatable bonds is 8. The molecular formula is C15H24FNO2. The van der Waals surface area contributed by atoms with Gasteiger partial charge in [-0.15, -0.1) is 0 Å². The second-order valence-electron chi connectivity index (χ2n) is 4.73. The van der Waals surface area contributed by atoms with Gasteiger partial charge in [0.05, 0.1) is 12.7 Å². The van der Waals surface area contributed by atoms with Gasteiger partial charge in [0.1, 0.15) is 18.2 Å². The van der Waals surface area contributed by atoms with Gasteiger partial charge in [0.2, 0.25) is 0 Å². The van der Waals surface area contributed by atoms with E-state index in [1.54, 1.807) is 6.07 Å². The number of nitrogens with one attached hydrogen (secondary N) is 1. The highest BCUT2D eigenvalue weighted by Gasteiger charge is 2.12. The first kappa shape index (κ1) is 15.9. The van der Waals surface area contributed by atoms with E-state index in [-0.39, 0.29) is 18.0 Å². The minimum Gasteiger partial charge on any atom is -0.491 e. The summed E-state index contributed by atoms with van der Waals surface area (Å²) in [5.41, 5.74) is 0.966. The third kappa shape index (κ3) is 5.57. The van der Waals surface area contributed by atoms with Crippen LogP contribution in [-0.2, 0) is 4.74 Å². The standard InChI is InChI=1S/C15H24FNO2/c1-5-17-12(4)14-7-6-13(16)10-15(14)19-9-8-18-11(2)3/h6-7,10-12,17H,5,8-9H2,1-4H3. The Balaban J connectivity index is 2.66. The molecule has 1 aromatic carbocycles. The second-order valence-corrected chi connectivity index (χ2v) is 4.73. The average molecular weight is 269 g/mol. The van der Waals surface area contributed by atoms with E-state index in [1.807, 2.05) is 27.7 Å². The summed E-state index contributed by atoms with van der Waals surface area (Å²) >= 11 is 0. The third-order valence-electron chi connectivity index (χ3n) is 2.74. The molecule has 0 bridgehead atoms. The predicted molar refractivity (Wildman–Crippen MR) is 75.1 cm³/mol. The Morgan fingerprint density at radius 1 is 1.21 bits per heavy atom. The Bertz CT molecular complexity index is 382. The lowest BCUT2D eigenvalue weighted by molar-refractivity contribution is 0.0549. The van der Waals surface area contributed by atoms with Crippen molar-refractivity contribution in [3.05, 3.63) is 29.6 Å². The summed E-state index contributed by atoms with van der Waals surface area (Å²) in [7, 11) is 0. The first-order chi connectivity index (χ1) is 9.04. The molecule has 3 nitrogen and oxygen atoms in total. The molecule has 1 unspecified atom stereocenters. The van der Waals surface area contributed by atoms with E-state index < -0.39 is 0 Å². The molecule has 0 spiro atoms. The Morgan fingerprint density at radius 3 is 2.58 bits per heavy atom. The SMILES string of the molecule is CCNC(C)c1ccc(F)cc1OCCOC(C)C. The number of hydrogen-bond acceptors (Lipinski definition) is 3. The van der Waals surface area contributed by atoms with Crippen LogP contribution >= 0.6 is 0 Å². The smallest absolute Gasteiger partial charge is 0.127 e. The van der Waals surface area contributed by atoms with Gasteiger partial charge in [-0.1, -0.05) is 13.0 Å². The summed E-state index contributed by atoms with van der Waals surface area (Å²) < 4.78 is 24.3. The van der Waals surface area contributed by atoms with Crippen LogP contribution in [0.2, 0.25) is 0 Å². The summed E-state index contributed by atoms with van der Waals surface area (Å²) in [5, 5.41) is 3.30. The van der Waals surface area contributed by atoms with E-state index >= 15 is 0 Å². The van der Waals surface area contributed by atoms with Crippen molar-refractivity contribution < 1.29 is 13.9 Å². The Hall–Kier alpha value is -1.13. The molecule has 108 valence electrons. The zero-order chi connectivity index (χ0) is 14.3. The lowest BCUT2D eigenvalue weighted by atomic mass is 10.1. The zero-order valence-corrected chi connectivity index (χ0v) is 12.2. The van der Waals surface area contributed by atoms with Gasteiger partial charge in [0.15, 0.2) is 0 Å². The maximum absolute atomic E-state index is 13.3. The summed E-state index contributed by atoms with van der Waals surface area (Å²) in [6.45, 7) is 9.80. The van der Waals surface area contributed by atoms with Gasteiger partial charge in [-0.3, -0.25) is 0 Å². The van der Waals surface area contributed by atoms with Gasteiger partial charge < -0.3 is 14.8 Å². The fraction of sp³-hybridized carbons (Fsp3) is 0.600. The molecule has 0 saturated heterocycles. The van der Waals surface area contributed by atoms with E-state index in [2.05, 4.69) is 5.32 Å². The average Bonchev–Trinajstić information content (AvgIpc) is 2.34. The first-order valence-corrected chi connectivity index (χ1v) is 6.81. The van der Waals surface area contributed by atoms with Crippen molar-refractivity contribution in [2.45, 2.75) is 39.8 Å². The van der Waals surface area contributed by atoms with Gasteiger partial charge in [-0.2, -0.15) is 0 Å². The third-order valence-corrected chi connectivity index (χ3v) is 2.74. The van der Waals surface area contributed by atoms with Gasteiger partial charge in [-0.05, 0) is 33.4 Å². The van der Waals surface area contributed by atoms with Crippen LogP contribution in [0.3, 0.4) is 0 Å². The molecule has 0 aliphatic heterocycles. The van der Waals surface area contributed by atoms with Crippen molar-refractivity contribution in [3.8, 4) is 5.75 Å². The fourth-order valence-electron chi connectivity index (χ4n) is 1.84. The summed E-state index contributed by atoms with van der Waals surface area (Å²) in [6, 6.07) is 4.78. The highest BCUT2D eigenvalue weighted by atomic mass is 19.1. The second kappa shape index (κ2) is 8.12. The van der Waals surface area contributed by atoms with Crippen molar-refractivity contribution in [2.75, 3.05) is 19.8 Å². The molecule has 1 atom stereocenters. The fourth-order valence-corrected chi connectivity index (χ4v) is 1.84. The maximum atomic E-state index is 13.3. The van der Waals surface area contributed by atoms with Crippen LogP contribution in [0, 0.1) is 5.82 Å². The molecule has 0 heterocycles. The predicted octanol–water partition coefficient (Wildman–Crippen LogP) is 3.30. The minimum absolute atomic E-state index is 0.131. The molecule has 1 rings (SSSR count). The van der Waals surface area contributed by atoms with Gasteiger partial charge >= 0.3 is 0 Å². The molecule has 0 radical (unpaired) electrons. The van der Waals surface area contributed by atoms with Crippen LogP contribution in [0.1, 0.15) is 39.3 Å². The summed E-state index contributed by atoms with van der Waals surface area (Å²) in [6.07, 6.45) is 0.177. The Labute approximate surface area is 115 Å². The molecule has 19 heavy (non-hydrogen) atoms. The van der Waals surface area contributed by atoms with E-state index in [1.165, 1.54) is 12.1 Å². The highest BCUT2D eigenvalue weighted by molar-refractivity contribution is 5.36. The van der Waals surface area contributed by atoms with Crippen molar-refractivity contribution in [2.24, 2.45) is 0 Å². The number of hydrogen-bond donors (Lipinski definition) is 1. The van der Waals surface area contributed by atoms with Crippen LogP contribution < -0.4 is 10.1 Å². The molecule has 0 saturated carbocycles. The van der Waals surface area contributed by atoms with Crippen LogP contribution in [0.15, 0.2) is 18.2 Å². The molecule has 0 fully saturated rings. The zero-order valence-electron chi connectivity index (χ0n) is 12.2. The Kier molecular flexibility index (Phi) is 6.81. The highest BCUT2D eigenvalue weighted by Crippen LogP contribution is 2.26. The summed E-state index contributed by atoms with van der Waals surface area (Å²) in [4.78, 5) is 0. The molecule has 4 heteroatoms. The van der Waals surface area contributed by atoms with E-state index in [9.17, 15) is 4.39 Å². The molecule has 1 aromatic rings. The van der Waals surface area contributed by atoms with Gasteiger partial charge in [-0.25, -0.2) is 4.39 Å². The van der Waals surface area contributed by atoms with E-state index in [4.69, 9.17) is 9.47 Å².